The van der Waals surface area contributed by atoms with E-state index in [-0.39, 0.29) is 24.2 Å². The third-order valence-electron chi connectivity index (χ3n) is 6.70. The molecule has 2 amide bonds. The van der Waals surface area contributed by atoms with Gasteiger partial charge in [-0.25, -0.2) is 0 Å². The van der Waals surface area contributed by atoms with Crippen LogP contribution in [0.1, 0.15) is 43.4 Å². The molecule has 1 saturated heterocycles. The minimum atomic E-state index is -0.420. The number of benzene rings is 3. The quantitative estimate of drug-likeness (QED) is 0.157. The second-order valence-electron chi connectivity index (χ2n) is 9.63. The molecular formula is C30H35N5O3. The first kappa shape index (κ1) is 26.9. The second-order valence-corrected chi connectivity index (χ2v) is 9.63. The third-order valence-corrected chi connectivity index (χ3v) is 6.70. The number of piperidine rings is 1. The van der Waals surface area contributed by atoms with Gasteiger partial charge in [0.25, 0.3) is 0 Å². The Bertz CT molecular complexity index is 1250. The number of amides is 2. The summed E-state index contributed by atoms with van der Waals surface area (Å²) in [5.41, 5.74) is 9.50. The summed E-state index contributed by atoms with van der Waals surface area (Å²) in [6.07, 6.45) is 1.92. The average molecular weight is 514 g/mol. The Kier molecular flexibility index (Phi) is 9.11. The minimum absolute atomic E-state index is 0.0481. The normalized spacial score (nSPS) is 14.3. The highest BCUT2D eigenvalue weighted by Crippen LogP contribution is 2.33. The lowest BCUT2D eigenvalue weighted by Crippen LogP contribution is -2.30. The molecule has 1 heterocycles. The Hall–Kier alpha value is -4.17. The van der Waals surface area contributed by atoms with Gasteiger partial charge in [-0.2, -0.15) is 0 Å². The number of hydrogen-bond donors (Lipinski definition) is 5. The zero-order chi connectivity index (χ0) is 26.9. The summed E-state index contributed by atoms with van der Waals surface area (Å²) in [7, 11) is 0. The van der Waals surface area contributed by atoms with E-state index in [0.29, 0.717) is 23.8 Å². The van der Waals surface area contributed by atoms with Crippen molar-refractivity contribution >= 4 is 23.3 Å². The predicted octanol–water partition coefficient (Wildman–Crippen LogP) is 4.22. The molecule has 6 N–H and O–H groups in total. The van der Waals surface area contributed by atoms with Crippen LogP contribution in [0.15, 0.2) is 72.8 Å². The summed E-state index contributed by atoms with van der Waals surface area (Å²) in [6, 6.07) is 22.3. The lowest BCUT2D eigenvalue weighted by molar-refractivity contribution is -0.127. The van der Waals surface area contributed by atoms with E-state index in [1.54, 1.807) is 24.3 Å². The molecule has 1 unspecified atom stereocenters. The molecule has 8 nitrogen and oxygen atoms in total. The molecule has 198 valence electrons. The van der Waals surface area contributed by atoms with E-state index in [2.05, 4.69) is 22.0 Å². The van der Waals surface area contributed by atoms with Crippen LogP contribution in [0, 0.1) is 11.3 Å². The lowest BCUT2D eigenvalue weighted by Gasteiger charge is -2.24. The molecule has 0 radical (unpaired) electrons. The molecule has 0 aliphatic carbocycles. The fourth-order valence-corrected chi connectivity index (χ4v) is 4.50. The summed E-state index contributed by atoms with van der Waals surface area (Å²) in [4.78, 5) is 25.0. The molecular weight excluding hydrogens is 478 g/mol. The Labute approximate surface area is 223 Å². The maximum absolute atomic E-state index is 12.6. The van der Waals surface area contributed by atoms with Crippen molar-refractivity contribution in [3.63, 3.8) is 0 Å². The fourth-order valence-electron chi connectivity index (χ4n) is 4.50. The van der Waals surface area contributed by atoms with Gasteiger partial charge in [0.15, 0.2) is 0 Å². The molecule has 3 aromatic carbocycles. The largest absolute Gasteiger partial charge is 0.493 e. The average Bonchev–Trinajstić information content (AvgIpc) is 2.93. The van der Waals surface area contributed by atoms with Crippen molar-refractivity contribution in [2.24, 2.45) is 11.7 Å². The van der Waals surface area contributed by atoms with E-state index in [1.165, 1.54) is 0 Å². The van der Waals surface area contributed by atoms with Gasteiger partial charge in [-0.15, -0.1) is 0 Å². The molecule has 1 aliphatic heterocycles. The molecule has 4 rings (SSSR count). The highest BCUT2D eigenvalue weighted by molar-refractivity contribution is 6.04. The van der Waals surface area contributed by atoms with Crippen molar-refractivity contribution in [2.75, 3.05) is 25.0 Å². The maximum Gasteiger partial charge on any atom is 0.233 e. The Morgan fingerprint density at radius 2 is 1.74 bits per heavy atom. The van der Waals surface area contributed by atoms with Gasteiger partial charge in [-0.1, -0.05) is 36.4 Å². The van der Waals surface area contributed by atoms with Crippen LogP contribution in [0.3, 0.4) is 0 Å². The predicted molar refractivity (Wildman–Crippen MR) is 150 cm³/mol. The first-order valence-electron chi connectivity index (χ1n) is 13.0. The van der Waals surface area contributed by atoms with E-state index < -0.39 is 5.91 Å². The highest BCUT2D eigenvalue weighted by atomic mass is 16.5. The summed E-state index contributed by atoms with van der Waals surface area (Å²) < 4.78 is 6.29. The second kappa shape index (κ2) is 12.9. The molecule has 1 fully saturated rings. The monoisotopic (exact) mass is 513 g/mol. The Morgan fingerprint density at radius 3 is 2.42 bits per heavy atom. The van der Waals surface area contributed by atoms with Gasteiger partial charge in [-0.3, -0.25) is 15.0 Å². The lowest BCUT2D eigenvalue weighted by atomic mass is 9.98. The molecule has 0 spiro atoms. The number of carbonyl (C=O) groups is 2. The molecule has 8 heteroatoms. The number of hydrogen-bond acceptors (Lipinski definition) is 5. The van der Waals surface area contributed by atoms with E-state index in [9.17, 15) is 9.59 Å². The van der Waals surface area contributed by atoms with Crippen molar-refractivity contribution in [3.05, 3.63) is 83.9 Å². The number of nitrogens with one attached hydrogen (secondary N) is 4. The van der Waals surface area contributed by atoms with Gasteiger partial charge in [0.1, 0.15) is 18.0 Å². The summed E-state index contributed by atoms with van der Waals surface area (Å²) >= 11 is 0. The summed E-state index contributed by atoms with van der Waals surface area (Å²) in [5, 5.41) is 16.5. The van der Waals surface area contributed by atoms with E-state index >= 15 is 0 Å². The molecule has 38 heavy (non-hydrogen) atoms. The van der Waals surface area contributed by atoms with Gasteiger partial charge >= 0.3 is 0 Å². The minimum Gasteiger partial charge on any atom is -0.493 e. The van der Waals surface area contributed by atoms with E-state index in [4.69, 9.17) is 15.9 Å². The van der Waals surface area contributed by atoms with Gasteiger partial charge in [-0.05, 0) is 86.3 Å². The van der Waals surface area contributed by atoms with Crippen molar-refractivity contribution in [3.8, 4) is 16.9 Å². The van der Waals surface area contributed by atoms with Crippen LogP contribution < -0.4 is 26.4 Å². The first-order chi connectivity index (χ1) is 18.4. The first-order valence-corrected chi connectivity index (χ1v) is 13.0. The van der Waals surface area contributed by atoms with Crippen LogP contribution in [0.4, 0.5) is 5.69 Å². The molecule has 0 bridgehead atoms. The number of nitrogen functional groups attached to an aromatic ring is 1. The Balaban J connectivity index is 1.39. The Morgan fingerprint density at radius 1 is 1.03 bits per heavy atom. The highest BCUT2D eigenvalue weighted by Gasteiger charge is 2.18. The zero-order valence-corrected chi connectivity index (χ0v) is 21.6. The van der Waals surface area contributed by atoms with Crippen LogP contribution >= 0.6 is 0 Å². The smallest absolute Gasteiger partial charge is 0.233 e. The van der Waals surface area contributed by atoms with E-state index in [1.807, 2.05) is 49.4 Å². The molecule has 0 aromatic heterocycles. The van der Waals surface area contributed by atoms with Crippen LogP contribution in [0.2, 0.25) is 0 Å². The molecule has 1 aliphatic rings. The number of amidine groups is 1. The third kappa shape index (κ3) is 7.43. The number of nitrogens with two attached hydrogens (primary N) is 1. The van der Waals surface area contributed by atoms with Crippen molar-refractivity contribution in [1.82, 2.24) is 10.6 Å². The van der Waals surface area contributed by atoms with Gasteiger partial charge in [0.2, 0.25) is 11.8 Å². The zero-order valence-electron chi connectivity index (χ0n) is 21.6. The van der Waals surface area contributed by atoms with E-state index in [0.717, 1.165) is 48.4 Å². The van der Waals surface area contributed by atoms with Crippen LogP contribution in [0.25, 0.3) is 11.1 Å². The van der Waals surface area contributed by atoms with Gasteiger partial charge in [0, 0.05) is 16.8 Å². The number of ether oxygens (including phenoxy) is 1. The molecule has 3 aromatic rings. The summed E-state index contributed by atoms with van der Waals surface area (Å²) in [6.45, 7) is 4.63. The van der Waals surface area contributed by atoms with Gasteiger partial charge in [0.05, 0.1) is 12.6 Å². The van der Waals surface area contributed by atoms with Crippen molar-refractivity contribution in [1.29, 1.82) is 5.41 Å². The van der Waals surface area contributed by atoms with Crippen LogP contribution in [-0.2, 0) is 9.59 Å². The molecule has 0 saturated carbocycles. The van der Waals surface area contributed by atoms with Gasteiger partial charge < -0.3 is 26.4 Å². The SMILES string of the molecule is CC(NC(=O)CC(=O)Nc1ccc(C(=N)N)cc1)c1ccc(OCC2CCNCC2)c(-c2ccccc2)c1. The standard InChI is InChI=1S/C30H35N5O3/c1-20(34-28(36)18-29(37)35-25-10-7-23(8-11-25)30(31)32)24-9-12-27(38-19-21-13-15-33-16-14-21)26(17-24)22-5-3-2-4-6-22/h2-12,17,20-21,33H,13-16,18-19H2,1H3,(H3,31,32)(H,34,36)(H,35,37). The van der Waals surface area contributed by atoms with Crippen molar-refractivity contribution < 1.29 is 14.3 Å². The van der Waals surface area contributed by atoms with Crippen molar-refractivity contribution in [2.45, 2.75) is 32.2 Å². The van der Waals surface area contributed by atoms with Crippen LogP contribution in [-0.4, -0.2) is 37.3 Å². The van der Waals surface area contributed by atoms with Crippen LogP contribution in [0.5, 0.6) is 5.75 Å². The topological polar surface area (TPSA) is 129 Å². The summed E-state index contributed by atoms with van der Waals surface area (Å²) in [5.74, 6) is 0.524. The number of rotatable bonds is 10. The maximum atomic E-state index is 12.6. The fraction of sp³-hybridized carbons (Fsp3) is 0.300. The number of carbonyl (C=O) groups excluding carboxylic acids is 2. The molecule has 1 atom stereocenters. The number of anilines is 1.